The summed E-state index contributed by atoms with van der Waals surface area (Å²) in [5.41, 5.74) is 1.53. The van der Waals surface area contributed by atoms with Crippen LogP contribution in [0.15, 0.2) is 36.0 Å². The minimum absolute atomic E-state index is 0.0105. The van der Waals surface area contributed by atoms with Crippen molar-refractivity contribution < 1.29 is 19.1 Å². The van der Waals surface area contributed by atoms with Crippen LogP contribution >= 0.6 is 0 Å². The Kier molecular flexibility index (Phi) is 5.20. The van der Waals surface area contributed by atoms with Crippen LogP contribution in [0.2, 0.25) is 0 Å². The van der Waals surface area contributed by atoms with Gasteiger partial charge in [-0.25, -0.2) is 4.79 Å². The van der Waals surface area contributed by atoms with E-state index in [0.29, 0.717) is 25.1 Å². The predicted molar refractivity (Wildman–Crippen MR) is 82.0 cm³/mol. The van der Waals surface area contributed by atoms with Gasteiger partial charge in [0.1, 0.15) is 5.75 Å². The summed E-state index contributed by atoms with van der Waals surface area (Å²) < 4.78 is 10.2. The molecule has 0 radical (unpaired) electrons. The van der Waals surface area contributed by atoms with Crippen molar-refractivity contribution in [3.05, 3.63) is 41.6 Å². The number of ether oxygens (including phenoxy) is 2. The molecule has 1 atom stereocenters. The molecule has 0 spiro atoms. The molecule has 0 fully saturated rings. The number of esters is 1. The van der Waals surface area contributed by atoms with Crippen molar-refractivity contribution in [2.24, 2.45) is 5.92 Å². The number of methoxy groups -OCH3 is 1. The fourth-order valence-corrected chi connectivity index (χ4v) is 2.39. The number of amides is 1. The molecule has 1 heterocycles. The van der Waals surface area contributed by atoms with Gasteiger partial charge in [-0.1, -0.05) is 19.1 Å². The lowest BCUT2D eigenvalue weighted by molar-refractivity contribution is -0.140. The van der Waals surface area contributed by atoms with Gasteiger partial charge in [0.25, 0.3) is 0 Å². The van der Waals surface area contributed by atoms with Crippen LogP contribution in [0.25, 0.3) is 0 Å². The van der Waals surface area contributed by atoms with Crippen LogP contribution in [0, 0.1) is 5.92 Å². The number of benzene rings is 1. The Bertz CT molecular complexity index is 577. The van der Waals surface area contributed by atoms with Crippen LogP contribution in [0.4, 0.5) is 0 Å². The summed E-state index contributed by atoms with van der Waals surface area (Å²) in [6.07, 6.45) is 1.94. The fraction of sp³-hybridized carbons (Fsp3) is 0.412. The molecule has 5 heteroatoms. The minimum Gasteiger partial charge on any atom is -0.497 e. The molecule has 1 aromatic carbocycles. The van der Waals surface area contributed by atoms with Gasteiger partial charge >= 0.3 is 5.97 Å². The van der Waals surface area contributed by atoms with E-state index in [9.17, 15) is 9.59 Å². The molecular weight excluding hydrogens is 282 g/mol. The Labute approximate surface area is 130 Å². The fourth-order valence-electron chi connectivity index (χ4n) is 2.39. The molecule has 2 rings (SSSR count). The first-order valence-electron chi connectivity index (χ1n) is 7.36. The van der Waals surface area contributed by atoms with E-state index < -0.39 is 0 Å². The molecule has 1 aliphatic rings. The van der Waals surface area contributed by atoms with Crippen molar-refractivity contribution in [2.45, 2.75) is 26.8 Å². The molecule has 0 aliphatic carbocycles. The van der Waals surface area contributed by atoms with Crippen molar-refractivity contribution in [3.63, 3.8) is 0 Å². The van der Waals surface area contributed by atoms with E-state index in [1.165, 1.54) is 0 Å². The highest BCUT2D eigenvalue weighted by atomic mass is 16.5. The molecule has 5 nitrogen and oxygen atoms in total. The third-order valence-corrected chi connectivity index (χ3v) is 3.65. The maximum Gasteiger partial charge on any atom is 0.335 e. The number of hydrogen-bond donors (Lipinski definition) is 0. The van der Waals surface area contributed by atoms with Crippen LogP contribution in [-0.4, -0.2) is 30.5 Å². The van der Waals surface area contributed by atoms with Crippen molar-refractivity contribution in [3.8, 4) is 5.75 Å². The third-order valence-electron chi connectivity index (χ3n) is 3.65. The Morgan fingerprint density at radius 2 is 2.00 bits per heavy atom. The van der Waals surface area contributed by atoms with Crippen molar-refractivity contribution in [2.75, 3.05) is 13.7 Å². The van der Waals surface area contributed by atoms with Crippen molar-refractivity contribution >= 4 is 11.9 Å². The van der Waals surface area contributed by atoms with E-state index in [1.54, 1.807) is 25.1 Å². The number of carbonyl (C=O) groups excluding carboxylic acids is 2. The standard InChI is InChI=1S/C17H21NO4/c1-4-22-17(20)15-11-18(16(19)9-12(15)2)10-13-5-7-14(21-3)8-6-13/h5-8,11-12H,4,9-10H2,1-3H3. The Balaban J connectivity index is 2.16. The summed E-state index contributed by atoms with van der Waals surface area (Å²) >= 11 is 0. The average molecular weight is 303 g/mol. The van der Waals surface area contributed by atoms with Crippen LogP contribution < -0.4 is 4.74 Å². The predicted octanol–water partition coefficient (Wildman–Crippen LogP) is 2.51. The molecule has 1 aromatic rings. The third kappa shape index (κ3) is 3.67. The van der Waals surface area contributed by atoms with Gasteiger partial charge in [0.05, 0.1) is 25.8 Å². The lowest BCUT2D eigenvalue weighted by Gasteiger charge is -2.28. The maximum atomic E-state index is 12.2. The Hall–Kier alpha value is -2.30. The highest BCUT2D eigenvalue weighted by Crippen LogP contribution is 2.25. The lowest BCUT2D eigenvalue weighted by Crippen LogP contribution is -2.34. The van der Waals surface area contributed by atoms with Gasteiger partial charge in [-0.3, -0.25) is 4.79 Å². The first-order valence-corrected chi connectivity index (χ1v) is 7.36. The summed E-state index contributed by atoms with van der Waals surface area (Å²) in [5.74, 6) is 0.322. The summed E-state index contributed by atoms with van der Waals surface area (Å²) in [4.78, 5) is 25.7. The molecule has 0 saturated heterocycles. The van der Waals surface area contributed by atoms with Crippen LogP contribution in [0.3, 0.4) is 0 Å². The highest BCUT2D eigenvalue weighted by Gasteiger charge is 2.29. The van der Waals surface area contributed by atoms with Gasteiger partial charge < -0.3 is 14.4 Å². The van der Waals surface area contributed by atoms with Gasteiger partial charge in [0, 0.05) is 12.6 Å². The zero-order chi connectivity index (χ0) is 16.1. The molecule has 1 amide bonds. The summed E-state index contributed by atoms with van der Waals surface area (Å²) in [6.45, 7) is 4.39. The first-order chi connectivity index (χ1) is 10.5. The summed E-state index contributed by atoms with van der Waals surface area (Å²) in [6, 6.07) is 7.51. The largest absolute Gasteiger partial charge is 0.497 e. The van der Waals surface area contributed by atoms with Crippen LogP contribution in [-0.2, 0) is 20.9 Å². The number of hydrogen-bond acceptors (Lipinski definition) is 4. The second-order valence-corrected chi connectivity index (χ2v) is 5.28. The Morgan fingerprint density at radius 3 is 2.59 bits per heavy atom. The van der Waals surface area contributed by atoms with Crippen LogP contribution in [0.1, 0.15) is 25.8 Å². The SMILES string of the molecule is CCOC(=O)C1=CN(Cc2ccc(OC)cc2)C(=O)CC1C. The molecule has 1 unspecified atom stereocenters. The first kappa shape index (κ1) is 16.1. The number of rotatable bonds is 5. The van der Waals surface area contributed by atoms with Gasteiger partial charge in [-0.2, -0.15) is 0 Å². The monoisotopic (exact) mass is 303 g/mol. The van der Waals surface area contributed by atoms with E-state index in [4.69, 9.17) is 9.47 Å². The maximum absolute atomic E-state index is 12.2. The normalized spacial score (nSPS) is 18.0. The average Bonchev–Trinajstić information content (AvgIpc) is 2.51. The van der Waals surface area contributed by atoms with Gasteiger partial charge in [0.2, 0.25) is 5.91 Å². The second-order valence-electron chi connectivity index (χ2n) is 5.28. The number of carbonyl (C=O) groups is 2. The number of nitrogens with zero attached hydrogens (tertiary/aromatic N) is 1. The molecule has 118 valence electrons. The van der Waals surface area contributed by atoms with Crippen molar-refractivity contribution in [1.29, 1.82) is 0 Å². The minimum atomic E-state index is -0.345. The van der Waals surface area contributed by atoms with E-state index in [-0.39, 0.29) is 17.8 Å². The second kappa shape index (κ2) is 7.11. The summed E-state index contributed by atoms with van der Waals surface area (Å²) in [5, 5.41) is 0. The topological polar surface area (TPSA) is 55.8 Å². The van der Waals surface area contributed by atoms with Crippen molar-refractivity contribution in [1.82, 2.24) is 4.90 Å². The van der Waals surface area contributed by atoms with E-state index in [0.717, 1.165) is 11.3 Å². The van der Waals surface area contributed by atoms with Gasteiger partial charge in [-0.15, -0.1) is 0 Å². The molecule has 0 N–H and O–H groups in total. The smallest absolute Gasteiger partial charge is 0.335 e. The van der Waals surface area contributed by atoms with E-state index >= 15 is 0 Å². The molecule has 0 bridgehead atoms. The van der Waals surface area contributed by atoms with Gasteiger partial charge in [-0.05, 0) is 30.5 Å². The molecule has 0 aromatic heterocycles. The molecule has 0 saturated carbocycles. The summed E-state index contributed by atoms with van der Waals surface area (Å²) in [7, 11) is 1.61. The van der Waals surface area contributed by atoms with Crippen LogP contribution in [0.5, 0.6) is 5.75 Å². The molecule has 1 aliphatic heterocycles. The quantitative estimate of drug-likeness (QED) is 0.784. The van der Waals surface area contributed by atoms with Gasteiger partial charge in [0.15, 0.2) is 0 Å². The Morgan fingerprint density at radius 1 is 1.32 bits per heavy atom. The van der Waals surface area contributed by atoms with E-state index in [2.05, 4.69) is 0 Å². The zero-order valence-electron chi connectivity index (χ0n) is 13.2. The highest BCUT2D eigenvalue weighted by molar-refractivity contribution is 5.92. The van der Waals surface area contributed by atoms with E-state index in [1.807, 2.05) is 31.2 Å². The lowest BCUT2D eigenvalue weighted by atomic mass is 9.94. The zero-order valence-corrected chi connectivity index (χ0v) is 13.2. The molecular formula is C17H21NO4. The molecule has 22 heavy (non-hydrogen) atoms.